The molecule has 0 aliphatic rings. The van der Waals surface area contributed by atoms with Gasteiger partial charge in [-0.1, -0.05) is 30.3 Å². The molecular weight excluding hydrogens is 472 g/mol. The molecule has 0 unspecified atom stereocenters. The van der Waals surface area contributed by atoms with E-state index in [0.717, 1.165) is 0 Å². The summed E-state index contributed by atoms with van der Waals surface area (Å²) in [6.45, 7) is 1.80. The zero-order valence-electron chi connectivity index (χ0n) is 20.6. The molecule has 2 aromatic carbocycles. The molecule has 9 heteroatoms. The monoisotopic (exact) mass is 498 g/mol. The molecule has 0 saturated heterocycles. The molecule has 0 amide bonds. The Labute approximate surface area is 211 Å². The number of para-hydroxylation sites is 2. The van der Waals surface area contributed by atoms with Crippen molar-refractivity contribution in [1.82, 2.24) is 13.9 Å². The highest BCUT2D eigenvalue weighted by Gasteiger charge is 2.28. The van der Waals surface area contributed by atoms with Crippen LogP contribution in [0.15, 0.2) is 87.0 Å². The van der Waals surface area contributed by atoms with Gasteiger partial charge in [-0.2, -0.15) is 0 Å². The van der Waals surface area contributed by atoms with Crippen molar-refractivity contribution in [1.29, 1.82) is 0 Å². The standard InChI is InChI=1S/C28H26N4O5/c1-17-25(28(36)32(31(17)3)18-10-5-4-6-11-18)29-20(23-14-9-15-37-23)16-22(33)24-26(34)19-12-7-8-13-21(19)30(2)27(24)35/h4-15,20,29,34H,16H2,1-3H3/t20-/m1/s1. The maximum atomic E-state index is 13.5. The van der Waals surface area contributed by atoms with Crippen molar-refractivity contribution >= 4 is 22.4 Å². The molecule has 188 valence electrons. The Hall–Kier alpha value is -4.79. The number of furan rings is 1. The Morgan fingerprint density at radius 1 is 0.973 bits per heavy atom. The number of nitrogens with zero attached hydrogens (tertiary/aromatic N) is 3. The third-order valence-corrected chi connectivity index (χ3v) is 6.70. The number of benzene rings is 2. The van der Waals surface area contributed by atoms with Crippen LogP contribution in [0.3, 0.4) is 0 Å². The minimum absolute atomic E-state index is 0.228. The predicted octanol–water partition coefficient (Wildman–Crippen LogP) is 4.06. The van der Waals surface area contributed by atoms with Crippen LogP contribution in [0, 0.1) is 6.92 Å². The van der Waals surface area contributed by atoms with Gasteiger partial charge in [0, 0.05) is 25.9 Å². The van der Waals surface area contributed by atoms with Crippen LogP contribution in [0.2, 0.25) is 0 Å². The zero-order chi connectivity index (χ0) is 26.3. The number of fused-ring (bicyclic) bond motifs is 1. The van der Waals surface area contributed by atoms with Gasteiger partial charge in [0.2, 0.25) is 0 Å². The molecule has 37 heavy (non-hydrogen) atoms. The molecule has 0 spiro atoms. The van der Waals surface area contributed by atoms with E-state index in [9.17, 15) is 19.5 Å². The lowest BCUT2D eigenvalue weighted by atomic mass is 10.00. The summed E-state index contributed by atoms with van der Waals surface area (Å²) in [4.78, 5) is 40.0. The number of pyridine rings is 1. The number of hydrogen-bond donors (Lipinski definition) is 2. The highest BCUT2D eigenvalue weighted by atomic mass is 16.3. The van der Waals surface area contributed by atoms with Gasteiger partial charge in [-0.25, -0.2) is 4.68 Å². The number of aromatic nitrogens is 3. The first-order valence-electron chi connectivity index (χ1n) is 11.8. The smallest absolute Gasteiger partial charge is 0.295 e. The van der Waals surface area contributed by atoms with Gasteiger partial charge in [-0.3, -0.25) is 19.1 Å². The van der Waals surface area contributed by atoms with Crippen molar-refractivity contribution in [3.8, 4) is 11.4 Å². The van der Waals surface area contributed by atoms with Crippen LogP contribution in [0.4, 0.5) is 5.69 Å². The number of ketones is 1. The fourth-order valence-electron chi connectivity index (χ4n) is 4.64. The Balaban J connectivity index is 1.55. The van der Waals surface area contributed by atoms with Gasteiger partial charge in [0.25, 0.3) is 11.1 Å². The number of Topliss-reactive ketones (excluding diaryl/α,β-unsaturated/α-hetero) is 1. The molecule has 0 bridgehead atoms. The van der Waals surface area contributed by atoms with E-state index in [2.05, 4.69) is 5.32 Å². The molecule has 3 heterocycles. The van der Waals surface area contributed by atoms with Gasteiger partial charge in [0.15, 0.2) is 5.78 Å². The number of hydrogen-bond acceptors (Lipinski definition) is 6. The van der Waals surface area contributed by atoms with E-state index in [0.29, 0.717) is 33.7 Å². The van der Waals surface area contributed by atoms with Crippen LogP contribution < -0.4 is 16.4 Å². The van der Waals surface area contributed by atoms with Crippen LogP contribution in [0.25, 0.3) is 16.6 Å². The van der Waals surface area contributed by atoms with Crippen LogP contribution in [-0.2, 0) is 14.1 Å². The largest absolute Gasteiger partial charge is 0.506 e. The molecule has 0 aliphatic carbocycles. The van der Waals surface area contributed by atoms with E-state index in [1.54, 1.807) is 62.1 Å². The van der Waals surface area contributed by atoms with Crippen LogP contribution in [0.1, 0.15) is 34.3 Å². The quantitative estimate of drug-likeness (QED) is 0.328. The van der Waals surface area contributed by atoms with Gasteiger partial charge in [-0.15, -0.1) is 0 Å². The molecule has 0 saturated carbocycles. The van der Waals surface area contributed by atoms with Gasteiger partial charge in [0.1, 0.15) is 22.8 Å². The van der Waals surface area contributed by atoms with Gasteiger partial charge in [-0.05, 0) is 43.3 Å². The van der Waals surface area contributed by atoms with Gasteiger partial charge < -0.3 is 19.4 Å². The number of anilines is 1. The molecule has 0 aliphatic heterocycles. The number of carbonyl (C=O) groups is 1. The summed E-state index contributed by atoms with van der Waals surface area (Å²) in [5, 5.41) is 14.5. The minimum atomic E-state index is -0.768. The third-order valence-electron chi connectivity index (χ3n) is 6.70. The fourth-order valence-corrected chi connectivity index (χ4v) is 4.64. The average Bonchev–Trinajstić information content (AvgIpc) is 3.51. The molecule has 0 radical (unpaired) electrons. The predicted molar refractivity (Wildman–Crippen MR) is 141 cm³/mol. The first-order chi connectivity index (χ1) is 17.8. The Bertz CT molecular complexity index is 1730. The number of carbonyl (C=O) groups excluding carboxylic acids is 1. The summed E-state index contributed by atoms with van der Waals surface area (Å²) >= 11 is 0. The topological polar surface area (TPSA) is 111 Å². The Morgan fingerprint density at radius 2 is 1.68 bits per heavy atom. The average molecular weight is 499 g/mol. The maximum absolute atomic E-state index is 13.5. The van der Waals surface area contributed by atoms with Crippen molar-refractivity contribution in [3.63, 3.8) is 0 Å². The number of aromatic hydroxyl groups is 1. The summed E-state index contributed by atoms with van der Waals surface area (Å²) in [5.74, 6) is -0.515. The molecule has 0 fully saturated rings. The van der Waals surface area contributed by atoms with Crippen molar-refractivity contribution in [2.45, 2.75) is 19.4 Å². The minimum Gasteiger partial charge on any atom is -0.506 e. The highest BCUT2D eigenvalue weighted by Crippen LogP contribution is 2.30. The second kappa shape index (κ2) is 9.34. The van der Waals surface area contributed by atoms with Crippen molar-refractivity contribution in [2.24, 2.45) is 14.1 Å². The molecule has 2 N–H and O–H groups in total. The molecule has 5 rings (SSSR count). The lowest BCUT2D eigenvalue weighted by Gasteiger charge is -2.17. The number of aryl methyl sites for hydroxylation is 1. The molecule has 9 nitrogen and oxygen atoms in total. The fraction of sp³-hybridized carbons (Fsp3) is 0.179. The summed E-state index contributed by atoms with van der Waals surface area (Å²) in [7, 11) is 3.33. The Kier molecular flexibility index (Phi) is 6.04. The number of nitrogens with one attached hydrogen (secondary N) is 1. The molecule has 5 aromatic rings. The summed E-state index contributed by atoms with van der Waals surface area (Å²) in [6, 6.07) is 18.7. The van der Waals surface area contributed by atoms with Crippen LogP contribution in [0.5, 0.6) is 5.75 Å². The molecule has 3 aromatic heterocycles. The lowest BCUT2D eigenvalue weighted by molar-refractivity contribution is 0.0969. The van der Waals surface area contributed by atoms with E-state index >= 15 is 0 Å². The maximum Gasteiger partial charge on any atom is 0.295 e. The first kappa shape index (κ1) is 23.9. The Morgan fingerprint density at radius 3 is 2.38 bits per heavy atom. The van der Waals surface area contributed by atoms with Crippen molar-refractivity contribution in [2.75, 3.05) is 5.32 Å². The number of rotatable bonds is 7. The lowest BCUT2D eigenvalue weighted by Crippen LogP contribution is -2.27. The van der Waals surface area contributed by atoms with Crippen LogP contribution >= 0.6 is 0 Å². The van der Waals surface area contributed by atoms with Crippen LogP contribution in [-0.4, -0.2) is 24.8 Å². The normalized spacial score (nSPS) is 12.1. The van der Waals surface area contributed by atoms with Crippen molar-refractivity contribution < 1.29 is 14.3 Å². The summed E-state index contributed by atoms with van der Waals surface area (Å²) in [5.41, 5.74) is 0.982. The van der Waals surface area contributed by atoms with E-state index < -0.39 is 17.4 Å². The second-order valence-corrected chi connectivity index (χ2v) is 8.88. The molecule has 1 atom stereocenters. The SMILES string of the molecule is Cc1c(N[C@H](CC(=O)c2c(O)c3ccccc3n(C)c2=O)c2ccco2)c(=O)n(-c2ccccc2)n1C. The first-order valence-corrected chi connectivity index (χ1v) is 11.8. The molecular formula is C28H26N4O5. The summed E-state index contributed by atoms with van der Waals surface area (Å²) in [6.07, 6.45) is 1.24. The second-order valence-electron chi connectivity index (χ2n) is 8.88. The van der Waals surface area contributed by atoms with E-state index in [4.69, 9.17) is 4.42 Å². The van der Waals surface area contributed by atoms with E-state index in [1.165, 1.54) is 15.5 Å². The van der Waals surface area contributed by atoms with Gasteiger partial charge in [0.05, 0.1) is 29.2 Å². The highest BCUT2D eigenvalue weighted by molar-refractivity contribution is 6.03. The third kappa shape index (κ3) is 4.04. The summed E-state index contributed by atoms with van der Waals surface area (Å²) < 4.78 is 10.2. The van der Waals surface area contributed by atoms with E-state index in [-0.39, 0.29) is 23.3 Å². The van der Waals surface area contributed by atoms with Crippen molar-refractivity contribution in [3.05, 3.63) is 111 Å². The van der Waals surface area contributed by atoms with E-state index in [1.807, 2.05) is 30.3 Å². The zero-order valence-corrected chi connectivity index (χ0v) is 20.6. The van der Waals surface area contributed by atoms with Gasteiger partial charge >= 0.3 is 0 Å².